The molecule has 0 amide bonds. The second kappa shape index (κ2) is 7.84. The van der Waals surface area contributed by atoms with Gasteiger partial charge in [-0.05, 0) is 57.9 Å². The SMILES string of the molecule is COc1ccc(C#Cn2cnc3[nH]c(C)c(COC(=O)C(C)(C)C)c3c2=O)cc1. The molecule has 7 heteroatoms. The number of nitrogens with one attached hydrogen (secondary N) is 1. The van der Waals surface area contributed by atoms with Gasteiger partial charge in [0.2, 0.25) is 0 Å². The van der Waals surface area contributed by atoms with Crippen LogP contribution in [0.15, 0.2) is 35.4 Å². The second-order valence-corrected chi connectivity index (χ2v) is 7.66. The van der Waals surface area contributed by atoms with Crippen molar-refractivity contribution in [1.82, 2.24) is 14.5 Å². The molecule has 0 bridgehead atoms. The molecule has 3 rings (SSSR count). The zero-order valence-corrected chi connectivity index (χ0v) is 17.1. The van der Waals surface area contributed by atoms with Gasteiger partial charge >= 0.3 is 5.97 Å². The Balaban J connectivity index is 1.95. The van der Waals surface area contributed by atoms with Gasteiger partial charge in [0.15, 0.2) is 0 Å². The Labute approximate surface area is 168 Å². The number of ether oxygens (including phenoxy) is 2. The number of esters is 1. The second-order valence-electron chi connectivity index (χ2n) is 7.66. The van der Waals surface area contributed by atoms with Crippen molar-refractivity contribution in [1.29, 1.82) is 0 Å². The van der Waals surface area contributed by atoms with Crippen molar-refractivity contribution in [3.05, 3.63) is 57.8 Å². The predicted molar refractivity (Wildman–Crippen MR) is 110 cm³/mol. The minimum absolute atomic E-state index is 0.00518. The number of carbonyl (C=O) groups is 1. The number of fused-ring (bicyclic) bond motifs is 1. The summed E-state index contributed by atoms with van der Waals surface area (Å²) in [5, 5.41) is 0.371. The molecule has 29 heavy (non-hydrogen) atoms. The van der Waals surface area contributed by atoms with Crippen molar-refractivity contribution in [2.45, 2.75) is 34.3 Å². The van der Waals surface area contributed by atoms with E-state index in [1.165, 1.54) is 10.9 Å². The zero-order chi connectivity index (χ0) is 21.2. The topological polar surface area (TPSA) is 86.2 Å². The predicted octanol–water partition coefficient (Wildman–Crippen LogP) is 2.99. The highest BCUT2D eigenvalue weighted by atomic mass is 16.5. The van der Waals surface area contributed by atoms with Gasteiger partial charge in [0.1, 0.15) is 24.3 Å². The fourth-order valence-electron chi connectivity index (χ4n) is 2.67. The molecule has 150 valence electrons. The number of H-pyrrole nitrogens is 1. The minimum atomic E-state index is -0.623. The number of hydrogen-bond donors (Lipinski definition) is 1. The van der Waals surface area contributed by atoms with Gasteiger partial charge in [-0.1, -0.05) is 0 Å². The van der Waals surface area contributed by atoms with Crippen molar-refractivity contribution >= 4 is 17.0 Å². The molecule has 2 aromatic heterocycles. The van der Waals surface area contributed by atoms with Crippen molar-refractivity contribution in [2.75, 3.05) is 7.11 Å². The summed E-state index contributed by atoms with van der Waals surface area (Å²) < 4.78 is 11.8. The molecule has 0 unspecified atom stereocenters. The fraction of sp³-hybridized carbons (Fsp3) is 0.318. The van der Waals surface area contributed by atoms with Crippen LogP contribution in [-0.4, -0.2) is 27.6 Å². The Bertz CT molecular complexity index is 1170. The van der Waals surface area contributed by atoms with Crippen molar-refractivity contribution in [2.24, 2.45) is 5.41 Å². The molecule has 0 spiro atoms. The monoisotopic (exact) mass is 393 g/mol. The average Bonchev–Trinajstić information content (AvgIpc) is 3.01. The van der Waals surface area contributed by atoms with Gasteiger partial charge in [0, 0.05) is 22.9 Å². The van der Waals surface area contributed by atoms with Gasteiger partial charge in [0.25, 0.3) is 5.56 Å². The molecule has 0 radical (unpaired) electrons. The summed E-state index contributed by atoms with van der Waals surface area (Å²) in [5.41, 5.74) is 1.58. The van der Waals surface area contributed by atoms with Crippen molar-refractivity contribution < 1.29 is 14.3 Å². The number of nitrogens with zero attached hydrogens (tertiary/aromatic N) is 2. The van der Waals surface area contributed by atoms with E-state index < -0.39 is 5.41 Å². The highest BCUT2D eigenvalue weighted by Gasteiger charge is 2.24. The number of rotatable bonds is 3. The number of methoxy groups -OCH3 is 1. The van der Waals surface area contributed by atoms with Crippen LogP contribution >= 0.6 is 0 Å². The molecule has 0 aliphatic carbocycles. The van der Waals surface area contributed by atoms with E-state index in [0.717, 1.165) is 17.0 Å². The third-order valence-electron chi connectivity index (χ3n) is 4.40. The summed E-state index contributed by atoms with van der Waals surface area (Å²) in [6, 6.07) is 10.0. The normalized spacial score (nSPS) is 11.1. The van der Waals surface area contributed by atoms with Crippen LogP contribution in [0.3, 0.4) is 0 Å². The fourth-order valence-corrected chi connectivity index (χ4v) is 2.67. The molecule has 3 aromatic rings. The van der Waals surface area contributed by atoms with Gasteiger partial charge < -0.3 is 14.5 Å². The third kappa shape index (κ3) is 4.32. The van der Waals surface area contributed by atoms with E-state index in [-0.39, 0.29) is 18.1 Å². The standard InChI is InChI=1S/C22H23N3O4/c1-14-17(12-29-21(27)22(2,3)4)18-19(24-14)23-13-25(20(18)26)11-10-15-6-8-16(28-5)9-7-15/h6-9,13,24H,12H2,1-5H3. The van der Waals surface area contributed by atoms with Crippen LogP contribution in [0.1, 0.15) is 37.6 Å². The molecule has 2 heterocycles. The molecule has 0 fully saturated rings. The molecule has 0 aliphatic rings. The van der Waals surface area contributed by atoms with Crippen LogP contribution in [0.4, 0.5) is 0 Å². The lowest BCUT2D eigenvalue weighted by molar-refractivity contribution is -0.154. The van der Waals surface area contributed by atoms with E-state index in [4.69, 9.17) is 9.47 Å². The summed E-state index contributed by atoms with van der Waals surface area (Å²) in [4.78, 5) is 32.4. The van der Waals surface area contributed by atoms with Crippen LogP contribution < -0.4 is 10.3 Å². The van der Waals surface area contributed by atoms with Gasteiger partial charge in [-0.2, -0.15) is 0 Å². The van der Waals surface area contributed by atoms with Crippen LogP contribution in [0.25, 0.3) is 11.0 Å². The first-order valence-corrected chi connectivity index (χ1v) is 9.13. The quantitative estimate of drug-likeness (QED) is 0.546. The summed E-state index contributed by atoms with van der Waals surface area (Å²) in [5.74, 6) is 3.33. The summed E-state index contributed by atoms with van der Waals surface area (Å²) in [6.07, 6.45) is 1.38. The van der Waals surface area contributed by atoms with E-state index in [1.807, 2.05) is 6.92 Å². The van der Waals surface area contributed by atoms with Crippen molar-refractivity contribution in [3.63, 3.8) is 0 Å². The number of aryl methyl sites for hydroxylation is 1. The van der Waals surface area contributed by atoms with Crippen LogP contribution in [0, 0.1) is 24.3 Å². The third-order valence-corrected chi connectivity index (χ3v) is 4.40. The first-order chi connectivity index (χ1) is 13.7. The van der Waals surface area contributed by atoms with Gasteiger partial charge in [-0.15, -0.1) is 0 Å². The first kappa shape index (κ1) is 20.2. The molecule has 0 saturated heterocycles. The average molecular weight is 393 g/mol. The molecule has 0 saturated carbocycles. The van der Waals surface area contributed by atoms with Gasteiger partial charge in [0.05, 0.1) is 17.9 Å². The van der Waals surface area contributed by atoms with Crippen LogP contribution in [0.5, 0.6) is 5.75 Å². The molecular weight excluding hydrogens is 370 g/mol. The minimum Gasteiger partial charge on any atom is -0.497 e. The van der Waals surface area contributed by atoms with E-state index in [0.29, 0.717) is 16.6 Å². The summed E-state index contributed by atoms with van der Waals surface area (Å²) in [7, 11) is 1.59. The Morgan fingerprint density at radius 3 is 2.55 bits per heavy atom. The van der Waals surface area contributed by atoms with E-state index in [1.54, 1.807) is 52.1 Å². The smallest absolute Gasteiger partial charge is 0.311 e. The van der Waals surface area contributed by atoms with Crippen LogP contribution in [0.2, 0.25) is 0 Å². The zero-order valence-electron chi connectivity index (χ0n) is 17.1. The van der Waals surface area contributed by atoms with Gasteiger partial charge in [-0.3, -0.25) is 9.59 Å². The van der Waals surface area contributed by atoms with Gasteiger partial charge in [-0.25, -0.2) is 9.55 Å². The Morgan fingerprint density at radius 1 is 1.24 bits per heavy atom. The maximum Gasteiger partial charge on any atom is 0.311 e. The lowest BCUT2D eigenvalue weighted by Gasteiger charge is -2.16. The maximum atomic E-state index is 13.0. The molecule has 0 aliphatic heterocycles. The Morgan fingerprint density at radius 2 is 1.93 bits per heavy atom. The highest BCUT2D eigenvalue weighted by Crippen LogP contribution is 2.21. The van der Waals surface area contributed by atoms with E-state index in [2.05, 4.69) is 21.9 Å². The first-order valence-electron chi connectivity index (χ1n) is 9.13. The molecule has 1 N–H and O–H groups in total. The molecule has 1 aromatic carbocycles. The highest BCUT2D eigenvalue weighted by molar-refractivity contribution is 5.81. The summed E-state index contributed by atoms with van der Waals surface area (Å²) in [6.45, 7) is 7.14. The number of aromatic nitrogens is 3. The largest absolute Gasteiger partial charge is 0.497 e. The van der Waals surface area contributed by atoms with Crippen LogP contribution in [-0.2, 0) is 16.1 Å². The number of benzene rings is 1. The molecule has 0 atom stereocenters. The number of carbonyl (C=O) groups excluding carboxylic acids is 1. The van der Waals surface area contributed by atoms with Crippen molar-refractivity contribution in [3.8, 4) is 17.7 Å². The van der Waals surface area contributed by atoms with E-state index in [9.17, 15) is 9.59 Å². The molecular formula is C22H23N3O4. The molecule has 7 nitrogen and oxygen atoms in total. The lowest BCUT2D eigenvalue weighted by atomic mass is 9.97. The maximum absolute atomic E-state index is 13.0. The number of aromatic amines is 1. The lowest BCUT2D eigenvalue weighted by Crippen LogP contribution is -2.23. The Kier molecular flexibility index (Phi) is 5.46. The number of hydrogen-bond acceptors (Lipinski definition) is 5. The Hall–Kier alpha value is -3.53. The summed E-state index contributed by atoms with van der Waals surface area (Å²) >= 11 is 0. The van der Waals surface area contributed by atoms with E-state index >= 15 is 0 Å².